The van der Waals surface area contributed by atoms with E-state index in [1.165, 1.54) is 0 Å². The highest BCUT2D eigenvalue weighted by atomic mass is 35.5. The minimum absolute atomic E-state index is 0.0365. The molecule has 0 spiro atoms. The predicted molar refractivity (Wildman–Crippen MR) is 67.9 cm³/mol. The van der Waals surface area contributed by atoms with Gasteiger partial charge in [0.05, 0.1) is 21.6 Å². The molecule has 1 rings (SSSR count). The maximum Gasteiger partial charge on any atom is 0.120 e. The van der Waals surface area contributed by atoms with Gasteiger partial charge >= 0.3 is 0 Å². The smallest absolute Gasteiger partial charge is 0.120 e. The van der Waals surface area contributed by atoms with E-state index in [-0.39, 0.29) is 5.92 Å². The maximum atomic E-state index is 5.83. The third-order valence-electron chi connectivity index (χ3n) is 1.88. The van der Waals surface area contributed by atoms with E-state index in [1.807, 2.05) is 6.92 Å². The van der Waals surface area contributed by atoms with Crippen LogP contribution in [0.4, 0.5) is 0 Å². The summed E-state index contributed by atoms with van der Waals surface area (Å²) in [7, 11) is 0. The molecular formula is C10H11Cl2NOS. The van der Waals surface area contributed by atoms with Crippen molar-refractivity contribution in [1.29, 1.82) is 0 Å². The van der Waals surface area contributed by atoms with E-state index in [4.69, 9.17) is 45.9 Å². The molecule has 0 amide bonds. The van der Waals surface area contributed by atoms with Crippen molar-refractivity contribution in [2.75, 3.05) is 6.61 Å². The monoisotopic (exact) mass is 263 g/mol. The van der Waals surface area contributed by atoms with Crippen LogP contribution in [0, 0.1) is 5.92 Å². The minimum atomic E-state index is 0.0365. The van der Waals surface area contributed by atoms with Gasteiger partial charge in [0, 0.05) is 12.0 Å². The molecule has 0 aliphatic heterocycles. The number of benzene rings is 1. The molecule has 1 aromatic rings. The van der Waals surface area contributed by atoms with Crippen LogP contribution in [0.25, 0.3) is 0 Å². The molecule has 0 heterocycles. The summed E-state index contributed by atoms with van der Waals surface area (Å²) in [5.41, 5.74) is 5.46. The van der Waals surface area contributed by atoms with Gasteiger partial charge in [-0.15, -0.1) is 0 Å². The van der Waals surface area contributed by atoms with Crippen LogP contribution in [0.1, 0.15) is 6.92 Å². The van der Waals surface area contributed by atoms with Crippen LogP contribution < -0.4 is 10.5 Å². The summed E-state index contributed by atoms with van der Waals surface area (Å²) in [6.07, 6.45) is 0. The molecule has 1 unspecified atom stereocenters. The molecule has 5 heteroatoms. The summed E-state index contributed by atoms with van der Waals surface area (Å²) in [5.74, 6) is 0.696. The van der Waals surface area contributed by atoms with E-state index in [0.717, 1.165) is 0 Å². The fraction of sp³-hybridized carbons (Fsp3) is 0.300. The molecule has 2 nitrogen and oxygen atoms in total. The molecule has 15 heavy (non-hydrogen) atoms. The van der Waals surface area contributed by atoms with Crippen molar-refractivity contribution in [3.05, 3.63) is 28.2 Å². The number of ether oxygens (including phenoxy) is 1. The molecule has 1 atom stereocenters. The highest BCUT2D eigenvalue weighted by Crippen LogP contribution is 2.26. The molecule has 0 radical (unpaired) electrons. The SMILES string of the molecule is CC(COc1ccc(Cl)c(Cl)c1)C(N)=S. The van der Waals surface area contributed by atoms with Crippen molar-refractivity contribution in [3.63, 3.8) is 0 Å². The molecule has 0 aliphatic rings. The lowest BCUT2D eigenvalue weighted by atomic mass is 10.2. The standard InChI is InChI=1S/C10H11Cl2NOS/c1-6(10(13)15)5-14-7-2-3-8(11)9(12)4-7/h2-4,6H,5H2,1H3,(H2,13,15). The molecule has 0 saturated heterocycles. The Morgan fingerprint density at radius 2 is 2.13 bits per heavy atom. The molecule has 0 saturated carbocycles. The summed E-state index contributed by atoms with van der Waals surface area (Å²) in [6.45, 7) is 2.34. The summed E-state index contributed by atoms with van der Waals surface area (Å²) in [5, 5.41) is 0.976. The maximum absolute atomic E-state index is 5.83. The number of hydrogen-bond donors (Lipinski definition) is 1. The van der Waals surface area contributed by atoms with E-state index < -0.39 is 0 Å². The fourth-order valence-electron chi connectivity index (χ4n) is 0.870. The molecule has 0 bridgehead atoms. The summed E-state index contributed by atoms with van der Waals surface area (Å²) in [6, 6.07) is 5.10. The second kappa shape index (κ2) is 5.54. The quantitative estimate of drug-likeness (QED) is 0.847. The molecule has 0 aliphatic carbocycles. The summed E-state index contributed by atoms with van der Waals surface area (Å²) >= 11 is 16.4. The Labute approximate surface area is 104 Å². The zero-order valence-electron chi connectivity index (χ0n) is 8.17. The van der Waals surface area contributed by atoms with Gasteiger partial charge in [-0.25, -0.2) is 0 Å². The minimum Gasteiger partial charge on any atom is -0.493 e. The molecule has 0 fully saturated rings. The first kappa shape index (κ1) is 12.6. The van der Waals surface area contributed by atoms with E-state index >= 15 is 0 Å². The van der Waals surface area contributed by atoms with Crippen LogP contribution in [0.3, 0.4) is 0 Å². The number of halogens is 2. The number of rotatable bonds is 4. The van der Waals surface area contributed by atoms with Gasteiger partial charge in [-0.05, 0) is 12.1 Å². The Bertz CT molecular complexity index is 370. The van der Waals surface area contributed by atoms with Crippen molar-refractivity contribution < 1.29 is 4.74 Å². The lowest BCUT2D eigenvalue weighted by molar-refractivity contribution is 0.293. The van der Waals surface area contributed by atoms with E-state index in [9.17, 15) is 0 Å². The average molecular weight is 264 g/mol. The van der Waals surface area contributed by atoms with Gasteiger partial charge in [-0.3, -0.25) is 0 Å². The Kier molecular flexibility index (Phi) is 4.64. The topological polar surface area (TPSA) is 35.2 Å². The number of hydrogen-bond acceptors (Lipinski definition) is 2. The van der Waals surface area contributed by atoms with Gasteiger partial charge in [0.25, 0.3) is 0 Å². The molecule has 0 aromatic heterocycles. The van der Waals surface area contributed by atoms with Crippen LogP contribution >= 0.6 is 35.4 Å². The van der Waals surface area contributed by atoms with Crippen molar-refractivity contribution >= 4 is 40.4 Å². The van der Waals surface area contributed by atoms with E-state index in [1.54, 1.807) is 18.2 Å². The molecular weight excluding hydrogens is 253 g/mol. The van der Waals surface area contributed by atoms with Crippen LogP contribution in [-0.2, 0) is 0 Å². The van der Waals surface area contributed by atoms with E-state index in [2.05, 4.69) is 0 Å². The molecule has 1 aromatic carbocycles. The van der Waals surface area contributed by atoms with Crippen molar-refractivity contribution in [2.24, 2.45) is 11.7 Å². The van der Waals surface area contributed by atoms with E-state index in [0.29, 0.717) is 27.4 Å². The van der Waals surface area contributed by atoms with Gasteiger partial charge in [-0.1, -0.05) is 42.3 Å². The van der Waals surface area contributed by atoms with Gasteiger partial charge in [-0.2, -0.15) is 0 Å². The Morgan fingerprint density at radius 1 is 1.47 bits per heavy atom. The second-order valence-corrected chi connectivity index (χ2v) is 4.48. The van der Waals surface area contributed by atoms with Gasteiger partial charge in [0.2, 0.25) is 0 Å². The zero-order chi connectivity index (χ0) is 11.4. The third-order valence-corrected chi connectivity index (χ3v) is 3.02. The third kappa shape index (κ3) is 3.86. The van der Waals surface area contributed by atoms with Crippen LogP contribution in [-0.4, -0.2) is 11.6 Å². The Morgan fingerprint density at radius 3 is 2.67 bits per heavy atom. The van der Waals surface area contributed by atoms with Crippen LogP contribution in [0.5, 0.6) is 5.75 Å². The zero-order valence-corrected chi connectivity index (χ0v) is 10.5. The Hall–Kier alpha value is -0.510. The number of nitrogens with two attached hydrogens (primary N) is 1. The normalized spacial score (nSPS) is 12.2. The molecule has 2 N–H and O–H groups in total. The average Bonchev–Trinajstić information content (AvgIpc) is 2.19. The first-order chi connectivity index (χ1) is 7.00. The van der Waals surface area contributed by atoms with Gasteiger partial charge < -0.3 is 10.5 Å². The first-order valence-corrected chi connectivity index (χ1v) is 5.54. The lowest BCUT2D eigenvalue weighted by Gasteiger charge is -2.11. The van der Waals surface area contributed by atoms with Crippen molar-refractivity contribution in [1.82, 2.24) is 0 Å². The van der Waals surface area contributed by atoms with Crippen molar-refractivity contribution in [2.45, 2.75) is 6.92 Å². The van der Waals surface area contributed by atoms with Crippen LogP contribution in [0.2, 0.25) is 10.0 Å². The second-order valence-electron chi connectivity index (χ2n) is 3.19. The largest absolute Gasteiger partial charge is 0.493 e. The summed E-state index contributed by atoms with van der Waals surface area (Å²) < 4.78 is 5.45. The van der Waals surface area contributed by atoms with Crippen LogP contribution in [0.15, 0.2) is 18.2 Å². The Balaban J connectivity index is 2.58. The fourth-order valence-corrected chi connectivity index (χ4v) is 1.23. The first-order valence-electron chi connectivity index (χ1n) is 4.38. The predicted octanol–water partition coefficient (Wildman–Crippen LogP) is 3.29. The van der Waals surface area contributed by atoms with Gasteiger partial charge in [0.15, 0.2) is 0 Å². The highest BCUT2D eigenvalue weighted by molar-refractivity contribution is 7.80. The number of thiocarbonyl (C=S) groups is 1. The summed E-state index contributed by atoms with van der Waals surface area (Å²) in [4.78, 5) is 0.440. The highest BCUT2D eigenvalue weighted by Gasteiger charge is 2.06. The van der Waals surface area contributed by atoms with Gasteiger partial charge in [0.1, 0.15) is 5.75 Å². The molecule has 82 valence electrons. The lowest BCUT2D eigenvalue weighted by Crippen LogP contribution is -2.23. The van der Waals surface area contributed by atoms with Crippen molar-refractivity contribution in [3.8, 4) is 5.75 Å².